The largest absolute Gasteiger partial charge is 0.339 e. The van der Waals surface area contributed by atoms with Gasteiger partial charge in [-0.25, -0.2) is 0 Å². The highest BCUT2D eigenvalue weighted by molar-refractivity contribution is 5.97. The quantitative estimate of drug-likeness (QED) is 0.842. The minimum atomic E-state index is 0.0174. The number of carbonyl (C=O) groups excluding carboxylic acids is 2. The van der Waals surface area contributed by atoms with Crippen LogP contribution in [0.1, 0.15) is 40.9 Å². The summed E-state index contributed by atoms with van der Waals surface area (Å²) in [7, 11) is 0. The van der Waals surface area contributed by atoms with E-state index in [0.29, 0.717) is 26.2 Å². The Kier molecular flexibility index (Phi) is 4.89. The molecule has 1 aromatic carbocycles. The van der Waals surface area contributed by atoms with Gasteiger partial charge in [-0.15, -0.1) is 0 Å². The normalized spacial score (nSPS) is 15.4. The van der Waals surface area contributed by atoms with Crippen molar-refractivity contribution in [1.82, 2.24) is 9.80 Å². The van der Waals surface area contributed by atoms with Crippen molar-refractivity contribution < 1.29 is 9.59 Å². The molecule has 0 unspecified atom stereocenters. The zero-order chi connectivity index (χ0) is 16.4. The second-order valence-corrected chi connectivity index (χ2v) is 6.55. The zero-order valence-corrected chi connectivity index (χ0v) is 14.3. The molecule has 0 saturated carbocycles. The van der Waals surface area contributed by atoms with Crippen LogP contribution in [-0.2, 0) is 4.79 Å². The summed E-state index contributed by atoms with van der Waals surface area (Å²) in [6, 6.07) is 4.11. The number of carbonyl (C=O) groups is 2. The van der Waals surface area contributed by atoms with Crippen LogP contribution in [0.4, 0.5) is 0 Å². The predicted octanol–water partition coefficient (Wildman–Crippen LogP) is 2.55. The summed E-state index contributed by atoms with van der Waals surface area (Å²) in [5, 5.41) is 0. The van der Waals surface area contributed by atoms with E-state index in [1.807, 2.05) is 44.4 Å². The molecule has 1 aliphatic heterocycles. The Balaban J connectivity index is 2.09. The SMILES string of the molecule is Cc1cc(C)c(C(=O)N2CCN(C(=O)C(C)C)CC2)c(C)c1. The molecule has 1 aromatic rings. The van der Waals surface area contributed by atoms with Gasteiger partial charge in [0.1, 0.15) is 0 Å². The monoisotopic (exact) mass is 302 g/mol. The van der Waals surface area contributed by atoms with Crippen LogP contribution in [0.5, 0.6) is 0 Å². The van der Waals surface area contributed by atoms with Crippen LogP contribution in [0.3, 0.4) is 0 Å². The summed E-state index contributed by atoms with van der Waals surface area (Å²) in [6.07, 6.45) is 0. The molecule has 0 bridgehead atoms. The van der Waals surface area contributed by atoms with Crippen molar-refractivity contribution in [3.05, 3.63) is 34.4 Å². The first-order valence-electron chi connectivity index (χ1n) is 7.97. The molecule has 0 aromatic heterocycles. The Morgan fingerprint density at radius 2 is 1.36 bits per heavy atom. The molecule has 2 amide bonds. The highest BCUT2D eigenvalue weighted by Crippen LogP contribution is 2.19. The number of benzene rings is 1. The number of hydrogen-bond acceptors (Lipinski definition) is 2. The van der Waals surface area contributed by atoms with E-state index in [1.54, 1.807) is 0 Å². The number of hydrogen-bond donors (Lipinski definition) is 0. The van der Waals surface area contributed by atoms with E-state index >= 15 is 0 Å². The number of rotatable bonds is 2. The van der Waals surface area contributed by atoms with E-state index in [-0.39, 0.29) is 17.7 Å². The van der Waals surface area contributed by atoms with E-state index in [2.05, 4.69) is 12.1 Å². The van der Waals surface area contributed by atoms with Crippen LogP contribution in [0, 0.1) is 26.7 Å². The fourth-order valence-corrected chi connectivity index (χ4v) is 3.17. The molecule has 1 heterocycles. The highest BCUT2D eigenvalue weighted by atomic mass is 16.2. The highest BCUT2D eigenvalue weighted by Gasteiger charge is 2.27. The molecule has 0 N–H and O–H groups in total. The van der Waals surface area contributed by atoms with Gasteiger partial charge < -0.3 is 9.80 Å². The molecule has 4 heteroatoms. The van der Waals surface area contributed by atoms with E-state index in [0.717, 1.165) is 16.7 Å². The van der Waals surface area contributed by atoms with E-state index in [4.69, 9.17) is 0 Å². The summed E-state index contributed by atoms with van der Waals surface area (Å²) in [6.45, 7) is 12.4. The molecule has 120 valence electrons. The van der Waals surface area contributed by atoms with E-state index in [1.165, 1.54) is 5.56 Å². The molecular formula is C18H26N2O2. The minimum absolute atomic E-state index is 0.0174. The number of nitrogens with zero attached hydrogens (tertiary/aromatic N) is 2. The predicted molar refractivity (Wildman–Crippen MR) is 88.0 cm³/mol. The summed E-state index contributed by atoms with van der Waals surface area (Å²) in [4.78, 5) is 28.5. The molecule has 0 aliphatic carbocycles. The Morgan fingerprint density at radius 3 is 1.82 bits per heavy atom. The molecular weight excluding hydrogens is 276 g/mol. The lowest BCUT2D eigenvalue weighted by Gasteiger charge is -2.36. The minimum Gasteiger partial charge on any atom is -0.339 e. The van der Waals surface area contributed by atoms with Crippen molar-refractivity contribution >= 4 is 11.8 Å². The standard InChI is InChI=1S/C18H26N2O2/c1-12(2)17(21)19-6-8-20(9-7-19)18(22)16-14(4)10-13(3)11-15(16)5/h10-12H,6-9H2,1-5H3. The van der Waals surface area contributed by atoms with Crippen molar-refractivity contribution in [2.75, 3.05) is 26.2 Å². The van der Waals surface area contributed by atoms with E-state index < -0.39 is 0 Å². The van der Waals surface area contributed by atoms with Crippen LogP contribution in [0.25, 0.3) is 0 Å². The van der Waals surface area contributed by atoms with Crippen molar-refractivity contribution in [3.8, 4) is 0 Å². The van der Waals surface area contributed by atoms with Gasteiger partial charge in [-0.2, -0.15) is 0 Å². The Morgan fingerprint density at radius 1 is 0.909 bits per heavy atom. The Bertz CT molecular complexity index is 562. The second kappa shape index (κ2) is 6.51. The third kappa shape index (κ3) is 3.32. The van der Waals surface area contributed by atoms with Crippen LogP contribution in [0.2, 0.25) is 0 Å². The van der Waals surface area contributed by atoms with Crippen LogP contribution >= 0.6 is 0 Å². The molecule has 1 aliphatic rings. The number of piperazine rings is 1. The summed E-state index contributed by atoms with van der Waals surface area (Å²) < 4.78 is 0. The average molecular weight is 302 g/mol. The molecule has 1 fully saturated rings. The summed E-state index contributed by atoms with van der Waals surface area (Å²) in [5.41, 5.74) is 4.06. The number of aryl methyl sites for hydroxylation is 3. The third-order valence-corrected chi connectivity index (χ3v) is 4.26. The Hall–Kier alpha value is -1.84. The lowest BCUT2D eigenvalue weighted by atomic mass is 9.98. The van der Waals surface area contributed by atoms with Gasteiger partial charge in [0.05, 0.1) is 0 Å². The maximum Gasteiger partial charge on any atom is 0.254 e. The van der Waals surface area contributed by atoms with Gasteiger partial charge in [0.2, 0.25) is 5.91 Å². The third-order valence-electron chi connectivity index (χ3n) is 4.26. The van der Waals surface area contributed by atoms with Gasteiger partial charge in [-0.05, 0) is 31.9 Å². The molecule has 0 radical (unpaired) electrons. The van der Waals surface area contributed by atoms with Gasteiger partial charge in [-0.3, -0.25) is 9.59 Å². The summed E-state index contributed by atoms with van der Waals surface area (Å²) >= 11 is 0. The van der Waals surface area contributed by atoms with Gasteiger partial charge in [0.25, 0.3) is 5.91 Å². The van der Waals surface area contributed by atoms with Gasteiger partial charge in [0.15, 0.2) is 0 Å². The van der Waals surface area contributed by atoms with Crippen molar-refractivity contribution in [1.29, 1.82) is 0 Å². The second-order valence-electron chi connectivity index (χ2n) is 6.55. The maximum absolute atomic E-state index is 12.8. The average Bonchev–Trinajstić information content (AvgIpc) is 2.45. The van der Waals surface area contributed by atoms with Gasteiger partial charge in [0, 0.05) is 37.7 Å². The molecule has 0 spiro atoms. The molecule has 4 nitrogen and oxygen atoms in total. The lowest BCUT2D eigenvalue weighted by Crippen LogP contribution is -2.51. The van der Waals surface area contributed by atoms with Gasteiger partial charge in [-0.1, -0.05) is 31.5 Å². The van der Waals surface area contributed by atoms with Crippen LogP contribution in [-0.4, -0.2) is 47.8 Å². The van der Waals surface area contributed by atoms with Crippen LogP contribution in [0.15, 0.2) is 12.1 Å². The maximum atomic E-state index is 12.8. The first-order chi connectivity index (χ1) is 10.3. The first-order valence-corrected chi connectivity index (χ1v) is 7.97. The van der Waals surface area contributed by atoms with Crippen molar-refractivity contribution in [3.63, 3.8) is 0 Å². The topological polar surface area (TPSA) is 40.6 Å². The number of amides is 2. The lowest BCUT2D eigenvalue weighted by molar-refractivity contribution is -0.135. The van der Waals surface area contributed by atoms with E-state index in [9.17, 15) is 9.59 Å². The molecule has 22 heavy (non-hydrogen) atoms. The molecule has 2 rings (SSSR count). The van der Waals surface area contributed by atoms with Crippen molar-refractivity contribution in [2.45, 2.75) is 34.6 Å². The Labute approximate surface area is 133 Å². The van der Waals surface area contributed by atoms with Gasteiger partial charge >= 0.3 is 0 Å². The first kappa shape index (κ1) is 16.5. The zero-order valence-electron chi connectivity index (χ0n) is 14.3. The molecule has 1 saturated heterocycles. The smallest absolute Gasteiger partial charge is 0.254 e. The summed E-state index contributed by atoms with van der Waals surface area (Å²) in [5.74, 6) is 0.283. The van der Waals surface area contributed by atoms with Crippen LogP contribution < -0.4 is 0 Å². The fraction of sp³-hybridized carbons (Fsp3) is 0.556. The van der Waals surface area contributed by atoms with Crippen molar-refractivity contribution in [2.24, 2.45) is 5.92 Å². The molecule has 0 atom stereocenters. The fourth-order valence-electron chi connectivity index (χ4n) is 3.17.